The Morgan fingerprint density at radius 2 is 0.673 bits per heavy atom. The van der Waals surface area contributed by atoms with Crippen LogP contribution in [0.4, 0.5) is 0 Å². The smallest absolute Gasteiger partial charge is 0.419 e. The minimum Gasteiger partial charge on any atom is -0.419 e. The van der Waals surface area contributed by atoms with E-state index in [0.29, 0.717) is 39.6 Å². The molecule has 6 rings (SSSR count). The maximum absolute atomic E-state index is 6.70. The van der Waals surface area contributed by atoms with Crippen molar-refractivity contribution in [3.63, 3.8) is 0 Å². The average Bonchev–Trinajstić information content (AvgIpc) is 3.86. The summed E-state index contributed by atoms with van der Waals surface area (Å²) in [6, 6.07) is 2.56. The van der Waals surface area contributed by atoms with Gasteiger partial charge in [0.2, 0.25) is 0 Å². The molecule has 4 unspecified atom stereocenters. The lowest BCUT2D eigenvalue weighted by molar-refractivity contribution is 0.0800. The standard InChI is InChI=1S/C24H58O18Si10/c1-50(2,13-7-10-25-16-22-19-28-22)40-47-34-44-31-43-32-45(35-47)37-49(42-52(5,6)15-9-12-27-18-24-21-30-24)39-46(33-43)38-48(36-44)41-51(3,4)14-8-11-26-17-23-20-29-23/h22-24,43-49H,7-21H2,1-6H3/t22-,23-,24+,43?,44?,45?,46?,47?,48?,49?/m1/s1. The molecule has 6 aliphatic rings. The van der Waals surface area contributed by atoms with Crippen molar-refractivity contribution in [3.8, 4) is 0 Å². The first-order valence-corrected chi connectivity index (χ1v) is 37.6. The van der Waals surface area contributed by atoms with Gasteiger partial charge in [-0.3, -0.25) is 0 Å². The largest absolute Gasteiger partial charge is 0.461 e. The quantitative estimate of drug-likeness (QED) is 0.0673. The lowest BCUT2D eigenvalue weighted by Gasteiger charge is -2.42. The molecule has 0 saturated carbocycles. The Balaban J connectivity index is 1.09. The molecule has 18 nitrogen and oxygen atoms in total. The van der Waals surface area contributed by atoms with Gasteiger partial charge < -0.3 is 77.8 Å². The van der Waals surface area contributed by atoms with E-state index in [0.717, 1.165) is 57.2 Å². The van der Waals surface area contributed by atoms with E-state index >= 15 is 0 Å². The van der Waals surface area contributed by atoms with Crippen molar-refractivity contribution in [2.45, 2.75) is 95.0 Å². The van der Waals surface area contributed by atoms with Crippen molar-refractivity contribution in [1.82, 2.24) is 0 Å². The van der Waals surface area contributed by atoms with Crippen LogP contribution in [-0.2, 0) is 77.8 Å². The van der Waals surface area contributed by atoms with Crippen LogP contribution in [0.2, 0.25) is 57.4 Å². The molecule has 6 saturated heterocycles. The highest BCUT2D eigenvalue weighted by atomic mass is 28.6. The van der Waals surface area contributed by atoms with Gasteiger partial charge in [-0.15, -0.1) is 0 Å². The maximum Gasteiger partial charge on any atom is 0.461 e. The zero-order valence-corrected chi connectivity index (χ0v) is 42.3. The van der Waals surface area contributed by atoms with Gasteiger partial charge in [0.1, 0.15) is 18.3 Å². The first kappa shape index (κ1) is 43.0. The van der Waals surface area contributed by atoms with E-state index in [-0.39, 0.29) is 18.3 Å². The summed E-state index contributed by atoms with van der Waals surface area (Å²) >= 11 is 0. The molecule has 0 aromatic rings. The Morgan fingerprint density at radius 1 is 0.423 bits per heavy atom. The van der Waals surface area contributed by atoms with Crippen molar-refractivity contribution >= 4 is 91.6 Å². The van der Waals surface area contributed by atoms with Gasteiger partial charge in [-0.2, -0.15) is 0 Å². The van der Waals surface area contributed by atoms with E-state index in [1.807, 2.05) is 0 Å². The van der Waals surface area contributed by atoms with Crippen molar-refractivity contribution < 1.29 is 77.8 Å². The molecule has 6 fully saturated rings. The summed E-state index contributed by atoms with van der Waals surface area (Å²) in [5.41, 5.74) is 0. The van der Waals surface area contributed by atoms with E-state index in [1.54, 1.807) is 0 Å². The van der Waals surface area contributed by atoms with Crippen molar-refractivity contribution in [1.29, 1.82) is 0 Å². The first-order chi connectivity index (χ1) is 24.9. The minimum atomic E-state index is -2.92. The van der Waals surface area contributed by atoms with Crippen LogP contribution in [0.25, 0.3) is 0 Å². The average molecular weight is 916 g/mol. The van der Waals surface area contributed by atoms with Crippen molar-refractivity contribution in [2.75, 3.05) is 59.5 Å². The molecule has 52 heavy (non-hydrogen) atoms. The minimum absolute atomic E-state index is 0.243. The molecule has 6 heterocycles. The normalized spacial score (nSPS) is 35.0. The lowest BCUT2D eigenvalue weighted by Crippen LogP contribution is -2.64. The van der Waals surface area contributed by atoms with E-state index in [1.165, 1.54) is 0 Å². The van der Waals surface area contributed by atoms with Gasteiger partial charge in [0.15, 0.2) is 25.0 Å². The van der Waals surface area contributed by atoms with Crippen LogP contribution in [0.15, 0.2) is 0 Å². The highest BCUT2D eigenvalue weighted by Gasteiger charge is 2.51. The summed E-state index contributed by atoms with van der Waals surface area (Å²) in [7, 11) is -27.1. The molecule has 302 valence electrons. The van der Waals surface area contributed by atoms with E-state index in [9.17, 15) is 0 Å². The SMILES string of the molecule is C[Si](C)(CCCOC[C@@H]1CO1)O[SiH]1O[SiH]2O[SiH]3O[SiH](O1)O[SiH](O[Si](C)(C)CCCOC[C@H]1CO1)O[SiH](O3)O[SiH](O[Si](C)(C)CCCOC[C@@H]1CO1)O2. The fourth-order valence-corrected chi connectivity index (χ4v) is 39.4. The van der Waals surface area contributed by atoms with Gasteiger partial charge in [0.05, 0.1) is 39.6 Å². The number of epoxide rings is 3. The summed E-state index contributed by atoms with van der Waals surface area (Å²) in [4.78, 5) is 0. The second-order valence-corrected chi connectivity index (χ2v) is 44.0. The van der Waals surface area contributed by atoms with E-state index in [2.05, 4.69) is 39.3 Å². The summed E-state index contributed by atoms with van der Waals surface area (Å²) < 4.78 is 111. The van der Waals surface area contributed by atoms with Crippen LogP contribution < -0.4 is 0 Å². The molecule has 0 aromatic carbocycles. The van der Waals surface area contributed by atoms with Gasteiger partial charge in [-0.1, -0.05) is 0 Å². The molecule has 7 atom stereocenters. The molecule has 0 spiro atoms. The Bertz CT molecular complexity index is 935. The fraction of sp³-hybridized carbons (Fsp3) is 1.00. The molecule has 4 bridgehead atoms. The predicted octanol–water partition coefficient (Wildman–Crippen LogP) is -0.721. The van der Waals surface area contributed by atoms with Gasteiger partial charge in [-0.25, -0.2) is 0 Å². The highest BCUT2D eigenvalue weighted by molar-refractivity contribution is 6.84. The third kappa shape index (κ3) is 16.7. The second-order valence-electron chi connectivity index (χ2n) is 15.3. The van der Waals surface area contributed by atoms with E-state index in [4.69, 9.17) is 77.8 Å². The van der Waals surface area contributed by atoms with Crippen LogP contribution in [-0.4, -0.2) is 169 Å². The number of hydrogen-bond donors (Lipinski definition) is 0. The lowest BCUT2D eigenvalue weighted by atomic mass is 10.5. The van der Waals surface area contributed by atoms with Crippen LogP contribution >= 0.6 is 0 Å². The molecular weight excluding hydrogens is 857 g/mol. The molecule has 0 N–H and O–H groups in total. The Kier molecular flexibility index (Phi) is 16.9. The third-order valence-electron chi connectivity index (χ3n) is 8.57. The summed E-state index contributed by atoms with van der Waals surface area (Å²) in [5, 5.41) is 0. The Hall–Kier alpha value is 1.45. The number of rotatable bonds is 24. The van der Waals surface area contributed by atoms with Crippen molar-refractivity contribution in [2.24, 2.45) is 0 Å². The molecular formula is C24H58O18Si10. The zero-order chi connectivity index (χ0) is 36.6. The molecule has 0 amide bonds. The third-order valence-corrected chi connectivity index (χ3v) is 39.2. The molecule has 0 aliphatic carbocycles. The molecule has 28 heteroatoms. The Morgan fingerprint density at radius 3 is 0.923 bits per heavy atom. The topological polar surface area (TPSA) is 176 Å². The van der Waals surface area contributed by atoms with Crippen LogP contribution in [0.3, 0.4) is 0 Å². The number of ether oxygens (including phenoxy) is 6. The maximum atomic E-state index is 6.70. The predicted molar refractivity (Wildman–Crippen MR) is 205 cm³/mol. The molecule has 6 aliphatic heterocycles. The molecule has 0 aromatic heterocycles. The van der Waals surface area contributed by atoms with E-state index < -0.39 is 91.6 Å². The molecule has 0 radical (unpaired) electrons. The van der Waals surface area contributed by atoms with Gasteiger partial charge in [-0.05, 0) is 76.7 Å². The zero-order valence-electron chi connectivity index (χ0n) is 31.2. The first-order valence-electron chi connectivity index (χ1n) is 18.4. The summed E-state index contributed by atoms with van der Waals surface area (Å²) in [6.07, 6.45) is 3.30. The summed E-state index contributed by atoms with van der Waals surface area (Å²) in [5.74, 6) is 0. The van der Waals surface area contributed by atoms with Gasteiger partial charge in [0.25, 0.3) is 0 Å². The van der Waals surface area contributed by atoms with Crippen LogP contribution in [0.5, 0.6) is 0 Å². The fourth-order valence-electron chi connectivity index (χ4n) is 5.36. The highest BCUT2D eigenvalue weighted by Crippen LogP contribution is 2.27. The summed E-state index contributed by atoms with van der Waals surface area (Å²) in [6.45, 7) is 19.0. The van der Waals surface area contributed by atoms with Crippen molar-refractivity contribution in [3.05, 3.63) is 0 Å². The number of hydrogen-bond acceptors (Lipinski definition) is 18. The monoisotopic (exact) mass is 914 g/mol. The van der Waals surface area contributed by atoms with Crippen LogP contribution in [0, 0.1) is 0 Å². The van der Waals surface area contributed by atoms with Crippen LogP contribution in [0.1, 0.15) is 19.3 Å². The second kappa shape index (κ2) is 20.4. The Labute approximate surface area is 322 Å². The number of fused-ring (bicyclic) bond motifs is 3. The van der Waals surface area contributed by atoms with Gasteiger partial charge >= 0.3 is 66.7 Å². The van der Waals surface area contributed by atoms with Gasteiger partial charge in [0, 0.05) is 19.8 Å².